The highest BCUT2D eigenvalue weighted by molar-refractivity contribution is 5.84. The Labute approximate surface area is 115 Å². The van der Waals surface area contributed by atoms with Crippen molar-refractivity contribution in [3.05, 3.63) is 18.3 Å². The van der Waals surface area contributed by atoms with Gasteiger partial charge in [0.1, 0.15) is 11.9 Å². The molecule has 0 aromatic carbocycles. The molecule has 106 valence electrons. The molecule has 0 bridgehead atoms. The van der Waals surface area contributed by atoms with Crippen LogP contribution in [0.4, 0.5) is 11.5 Å². The van der Waals surface area contributed by atoms with Crippen LogP contribution in [0.3, 0.4) is 0 Å². The minimum absolute atomic E-state index is 0.0155. The maximum atomic E-state index is 11.8. The number of aromatic nitrogens is 1. The summed E-state index contributed by atoms with van der Waals surface area (Å²) in [5.74, 6) is 0.842. The van der Waals surface area contributed by atoms with Crippen molar-refractivity contribution in [3.63, 3.8) is 0 Å². The summed E-state index contributed by atoms with van der Waals surface area (Å²) in [6, 6.07) is 3.52. The third-order valence-corrected chi connectivity index (χ3v) is 2.64. The number of amides is 1. The van der Waals surface area contributed by atoms with Gasteiger partial charge in [0.15, 0.2) is 0 Å². The van der Waals surface area contributed by atoms with E-state index in [-0.39, 0.29) is 11.9 Å². The normalized spacial score (nSPS) is 11.7. The molecular weight excluding hydrogens is 240 g/mol. The van der Waals surface area contributed by atoms with Gasteiger partial charge >= 0.3 is 0 Å². The van der Waals surface area contributed by atoms with Gasteiger partial charge < -0.3 is 16.0 Å². The van der Waals surface area contributed by atoms with Crippen LogP contribution in [0.25, 0.3) is 0 Å². The lowest BCUT2D eigenvalue weighted by molar-refractivity contribution is -0.121. The molecule has 0 aliphatic rings. The summed E-state index contributed by atoms with van der Waals surface area (Å²) in [6.07, 6.45) is 3.73. The van der Waals surface area contributed by atoms with Gasteiger partial charge in [-0.1, -0.05) is 13.8 Å². The average Bonchev–Trinajstić information content (AvgIpc) is 2.42. The van der Waals surface area contributed by atoms with Crippen LogP contribution in [-0.4, -0.2) is 30.0 Å². The highest BCUT2D eigenvalue weighted by Gasteiger charge is 2.11. The molecule has 1 amide bonds. The predicted octanol–water partition coefficient (Wildman–Crippen LogP) is 2.23. The highest BCUT2D eigenvalue weighted by atomic mass is 16.2. The Morgan fingerprint density at radius 1 is 1.32 bits per heavy atom. The van der Waals surface area contributed by atoms with Crippen LogP contribution in [0, 0.1) is 0 Å². The van der Waals surface area contributed by atoms with Crippen LogP contribution in [0.15, 0.2) is 18.3 Å². The van der Waals surface area contributed by atoms with E-state index in [2.05, 4.69) is 27.9 Å². The summed E-state index contributed by atoms with van der Waals surface area (Å²) in [6.45, 7) is 7.60. The molecule has 0 aliphatic heterocycles. The number of hydrogen-bond acceptors (Lipinski definition) is 4. The lowest BCUT2D eigenvalue weighted by Crippen LogP contribution is -2.37. The number of nitrogens with zero attached hydrogens (tertiary/aromatic N) is 1. The molecule has 19 heavy (non-hydrogen) atoms. The van der Waals surface area contributed by atoms with E-state index in [1.54, 1.807) is 6.20 Å². The number of carbonyl (C=O) groups is 1. The third-order valence-electron chi connectivity index (χ3n) is 2.64. The van der Waals surface area contributed by atoms with Crippen molar-refractivity contribution < 1.29 is 4.79 Å². The third kappa shape index (κ3) is 5.59. The minimum Gasteiger partial charge on any atom is -0.374 e. The Hall–Kier alpha value is -1.78. The largest absolute Gasteiger partial charge is 0.374 e. The number of nitrogens with one attached hydrogen (secondary N) is 3. The zero-order valence-corrected chi connectivity index (χ0v) is 12.0. The van der Waals surface area contributed by atoms with Crippen LogP contribution in [-0.2, 0) is 4.79 Å². The molecule has 0 fully saturated rings. The summed E-state index contributed by atoms with van der Waals surface area (Å²) in [5.41, 5.74) is 0.896. The topological polar surface area (TPSA) is 66.0 Å². The first kappa shape index (κ1) is 15.3. The van der Waals surface area contributed by atoms with E-state index < -0.39 is 0 Å². The summed E-state index contributed by atoms with van der Waals surface area (Å²) in [7, 11) is 0. The fraction of sp³-hybridized carbons (Fsp3) is 0.571. The first-order valence-electron chi connectivity index (χ1n) is 6.91. The van der Waals surface area contributed by atoms with E-state index in [4.69, 9.17) is 0 Å². The van der Waals surface area contributed by atoms with Crippen molar-refractivity contribution in [2.75, 3.05) is 23.7 Å². The van der Waals surface area contributed by atoms with Gasteiger partial charge in [-0.05, 0) is 25.8 Å². The maximum absolute atomic E-state index is 11.8. The number of hydrogen-bond donors (Lipinski definition) is 3. The summed E-state index contributed by atoms with van der Waals surface area (Å²) < 4.78 is 0. The van der Waals surface area contributed by atoms with E-state index in [9.17, 15) is 4.79 Å². The SMILES string of the molecule is CCCNC(=O)C(C)Nc1ccnc(NCCC)c1. The van der Waals surface area contributed by atoms with Crippen LogP contribution >= 0.6 is 0 Å². The molecule has 1 aromatic heterocycles. The molecule has 1 atom stereocenters. The van der Waals surface area contributed by atoms with Gasteiger partial charge in [-0.15, -0.1) is 0 Å². The molecule has 0 aliphatic carbocycles. The van der Waals surface area contributed by atoms with Crippen LogP contribution < -0.4 is 16.0 Å². The zero-order chi connectivity index (χ0) is 14.1. The molecule has 1 unspecified atom stereocenters. The van der Waals surface area contributed by atoms with E-state index in [1.165, 1.54) is 0 Å². The molecule has 1 rings (SSSR count). The highest BCUT2D eigenvalue weighted by Crippen LogP contribution is 2.13. The summed E-state index contributed by atoms with van der Waals surface area (Å²) >= 11 is 0. The zero-order valence-electron chi connectivity index (χ0n) is 12.0. The number of carbonyl (C=O) groups excluding carboxylic acids is 1. The molecule has 1 aromatic rings. The number of pyridine rings is 1. The molecule has 3 N–H and O–H groups in total. The molecule has 0 spiro atoms. The van der Waals surface area contributed by atoms with Gasteiger partial charge in [-0.3, -0.25) is 4.79 Å². The van der Waals surface area contributed by atoms with Crippen molar-refractivity contribution >= 4 is 17.4 Å². The molecule has 5 heteroatoms. The average molecular weight is 264 g/mol. The van der Waals surface area contributed by atoms with Crippen molar-refractivity contribution in [2.24, 2.45) is 0 Å². The van der Waals surface area contributed by atoms with Crippen LogP contribution in [0.1, 0.15) is 33.6 Å². The standard InChI is InChI=1S/C14H24N4O/c1-4-7-15-13-10-12(6-9-16-13)18-11(3)14(19)17-8-5-2/h6,9-11H,4-5,7-8H2,1-3H3,(H,17,19)(H2,15,16,18). The van der Waals surface area contributed by atoms with Gasteiger partial charge in [-0.2, -0.15) is 0 Å². The van der Waals surface area contributed by atoms with E-state index in [0.717, 1.165) is 30.9 Å². The summed E-state index contributed by atoms with van der Waals surface area (Å²) in [5, 5.41) is 9.26. The number of anilines is 2. The monoisotopic (exact) mass is 264 g/mol. The first-order chi connectivity index (χ1) is 9.17. The van der Waals surface area contributed by atoms with Crippen LogP contribution in [0.2, 0.25) is 0 Å². The second kappa shape index (κ2) is 8.34. The molecule has 5 nitrogen and oxygen atoms in total. The quantitative estimate of drug-likeness (QED) is 0.673. The second-order valence-corrected chi connectivity index (χ2v) is 4.51. The van der Waals surface area contributed by atoms with E-state index >= 15 is 0 Å². The molecule has 0 saturated heterocycles. The second-order valence-electron chi connectivity index (χ2n) is 4.51. The van der Waals surface area contributed by atoms with Crippen molar-refractivity contribution in [1.82, 2.24) is 10.3 Å². The Kier molecular flexibility index (Phi) is 6.71. The predicted molar refractivity (Wildman–Crippen MR) is 79.4 cm³/mol. The Morgan fingerprint density at radius 2 is 2.05 bits per heavy atom. The molecule has 1 heterocycles. The minimum atomic E-state index is -0.257. The van der Waals surface area contributed by atoms with Crippen molar-refractivity contribution in [3.8, 4) is 0 Å². The molecule has 0 saturated carbocycles. The van der Waals surface area contributed by atoms with Gasteiger partial charge in [0, 0.05) is 31.0 Å². The first-order valence-corrected chi connectivity index (χ1v) is 6.91. The van der Waals surface area contributed by atoms with Gasteiger partial charge in [0.05, 0.1) is 0 Å². The van der Waals surface area contributed by atoms with Crippen LogP contribution in [0.5, 0.6) is 0 Å². The van der Waals surface area contributed by atoms with E-state index in [0.29, 0.717) is 6.54 Å². The molecular formula is C14H24N4O. The lowest BCUT2D eigenvalue weighted by Gasteiger charge is -2.15. The van der Waals surface area contributed by atoms with Crippen molar-refractivity contribution in [2.45, 2.75) is 39.7 Å². The van der Waals surface area contributed by atoms with Crippen molar-refractivity contribution in [1.29, 1.82) is 0 Å². The molecule has 0 radical (unpaired) electrons. The summed E-state index contributed by atoms with van der Waals surface area (Å²) in [4.78, 5) is 16.0. The Bertz CT molecular complexity index is 395. The van der Waals surface area contributed by atoms with Gasteiger partial charge in [0.25, 0.3) is 0 Å². The Balaban J connectivity index is 2.53. The lowest BCUT2D eigenvalue weighted by atomic mass is 10.2. The van der Waals surface area contributed by atoms with Gasteiger partial charge in [0.2, 0.25) is 5.91 Å². The fourth-order valence-corrected chi connectivity index (χ4v) is 1.59. The fourth-order valence-electron chi connectivity index (χ4n) is 1.59. The smallest absolute Gasteiger partial charge is 0.242 e. The maximum Gasteiger partial charge on any atom is 0.242 e. The van der Waals surface area contributed by atoms with E-state index in [1.807, 2.05) is 26.0 Å². The Morgan fingerprint density at radius 3 is 2.74 bits per heavy atom. The number of rotatable bonds is 8. The van der Waals surface area contributed by atoms with Gasteiger partial charge in [-0.25, -0.2) is 4.98 Å².